The molecule has 0 unspecified atom stereocenters. The lowest BCUT2D eigenvalue weighted by Gasteiger charge is -2.32. The molecule has 5 rings (SSSR count). The van der Waals surface area contributed by atoms with Crippen molar-refractivity contribution in [3.05, 3.63) is 72.7 Å². The fourth-order valence-electron chi connectivity index (χ4n) is 3.75. The molecule has 4 aromatic rings. The number of hydrogen-bond donors (Lipinski definition) is 0. The first-order chi connectivity index (χ1) is 14.8. The smallest absolute Gasteiger partial charge is 0.253 e. The van der Waals surface area contributed by atoms with Gasteiger partial charge in [-0.2, -0.15) is 0 Å². The summed E-state index contributed by atoms with van der Waals surface area (Å²) in [6, 6.07) is 17.1. The Balaban J connectivity index is 1.31. The summed E-state index contributed by atoms with van der Waals surface area (Å²) in [5.74, 6) is 1.26. The monoisotopic (exact) mass is 400 g/mol. The van der Waals surface area contributed by atoms with Gasteiger partial charge in [0.2, 0.25) is 5.88 Å². The largest absolute Gasteiger partial charge is 0.474 e. The molecule has 0 spiro atoms. The molecule has 1 saturated heterocycles. The van der Waals surface area contributed by atoms with Crippen molar-refractivity contribution in [1.29, 1.82) is 0 Å². The average Bonchev–Trinajstić information content (AvgIpc) is 3.24. The maximum Gasteiger partial charge on any atom is 0.253 e. The lowest BCUT2D eigenvalue weighted by Crippen LogP contribution is -2.41. The van der Waals surface area contributed by atoms with Gasteiger partial charge >= 0.3 is 0 Å². The van der Waals surface area contributed by atoms with Crippen LogP contribution >= 0.6 is 0 Å². The van der Waals surface area contributed by atoms with Crippen LogP contribution in [-0.4, -0.2) is 45.1 Å². The van der Waals surface area contributed by atoms with E-state index < -0.39 is 0 Å². The van der Waals surface area contributed by atoms with Crippen LogP contribution in [0.25, 0.3) is 22.2 Å². The molecular formula is C23H20N4O3. The molecular weight excluding hydrogens is 380 g/mol. The van der Waals surface area contributed by atoms with Crippen LogP contribution in [0, 0.1) is 0 Å². The lowest BCUT2D eigenvalue weighted by atomic mass is 10.0. The number of rotatable bonds is 4. The topological polar surface area (TPSA) is 81.4 Å². The second kappa shape index (κ2) is 7.94. The molecule has 1 amide bonds. The second-order valence-corrected chi connectivity index (χ2v) is 7.27. The van der Waals surface area contributed by atoms with E-state index in [-0.39, 0.29) is 12.0 Å². The summed E-state index contributed by atoms with van der Waals surface area (Å²) in [5, 5.41) is 4.97. The number of nitrogens with zero attached hydrogens (tertiary/aromatic N) is 4. The van der Waals surface area contributed by atoms with Gasteiger partial charge in [0.15, 0.2) is 5.76 Å². The molecule has 150 valence electrons. The molecule has 0 atom stereocenters. The molecule has 2 aromatic carbocycles. The summed E-state index contributed by atoms with van der Waals surface area (Å²) < 4.78 is 11.4. The Kier molecular flexibility index (Phi) is 4.85. The number of ether oxygens (including phenoxy) is 1. The molecule has 0 saturated carbocycles. The summed E-state index contributed by atoms with van der Waals surface area (Å²) in [5.41, 5.74) is 2.31. The third kappa shape index (κ3) is 3.61. The Labute approximate surface area is 173 Å². The average molecular weight is 400 g/mol. The van der Waals surface area contributed by atoms with Crippen molar-refractivity contribution in [2.24, 2.45) is 0 Å². The zero-order valence-electron chi connectivity index (χ0n) is 16.3. The first-order valence-corrected chi connectivity index (χ1v) is 9.95. The number of amides is 1. The van der Waals surface area contributed by atoms with E-state index in [1.807, 2.05) is 53.4 Å². The number of hydrogen-bond acceptors (Lipinski definition) is 6. The van der Waals surface area contributed by atoms with Crippen LogP contribution in [0.15, 0.2) is 71.6 Å². The van der Waals surface area contributed by atoms with E-state index >= 15 is 0 Å². The molecule has 0 aliphatic carbocycles. The predicted molar refractivity (Wildman–Crippen MR) is 111 cm³/mol. The standard InChI is InChI=1S/C23H20N4O3/c28-23(27-12-9-18(10-13-27)29-21-8-11-24-15-25-21)17-6-7-20-19(14-17)22(30-26-20)16-4-2-1-3-5-16/h1-8,11,14-15,18H,9-10,12-13H2. The van der Waals surface area contributed by atoms with Crippen molar-refractivity contribution in [3.63, 3.8) is 0 Å². The van der Waals surface area contributed by atoms with E-state index in [9.17, 15) is 4.79 Å². The van der Waals surface area contributed by atoms with Crippen LogP contribution in [0.3, 0.4) is 0 Å². The number of aromatic nitrogens is 3. The third-order valence-corrected chi connectivity index (χ3v) is 5.33. The highest BCUT2D eigenvalue weighted by Crippen LogP contribution is 2.30. The molecule has 2 aromatic heterocycles. The number of carbonyl (C=O) groups is 1. The van der Waals surface area contributed by atoms with Crippen molar-refractivity contribution in [2.75, 3.05) is 13.1 Å². The highest BCUT2D eigenvalue weighted by Gasteiger charge is 2.25. The maximum absolute atomic E-state index is 13.1. The normalized spacial score (nSPS) is 14.7. The molecule has 1 fully saturated rings. The van der Waals surface area contributed by atoms with Gasteiger partial charge < -0.3 is 14.2 Å². The van der Waals surface area contributed by atoms with E-state index in [0.717, 1.165) is 29.3 Å². The highest BCUT2D eigenvalue weighted by atomic mass is 16.5. The van der Waals surface area contributed by atoms with E-state index in [1.165, 1.54) is 6.33 Å². The van der Waals surface area contributed by atoms with Crippen molar-refractivity contribution in [3.8, 4) is 17.2 Å². The minimum absolute atomic E-state index is 0.0117. The molecule has 1 aliphatic heterocycles. The maximum atomic E-state index is 13.1. The Hall–Kier alpha value is -3.74. The zero-order chi connectivity index (χ0) is 20.3. The van der Waals surface area contributed by atoms with Gasteiger partial charge in [0.1, 0.15) is 17.9 Å². The van der Waals surface area contributed by atoms with E-state index in [1.54, 1.807) is 12.3 Å². The van der Waals surface area contributed by atoms with Crippen LogP contribution in [0.1, 0.15) is 23.2 Å². The first-order valence-electron chi connectivity index (χ1n) is 9.95. The van der Waals surface area contributed by atoms with Gasteiger partial charge in [0.25, 0.3) is 5.91 Å². The first kappa shape index (κ1) is 18.3. The zero-order valence-corrected chi connectivity index (χ0v) is 16.3. The fourth-order valence-corrected chi connectivity index (χ4v) is 3.75. The van der Waals surface area contributed by atoms with Gasteiger partial charge in [-0.3, -0.25) is 4.79 Å². The summed E-state index contributed by atoms with van der Waals surface area (Å²) in [6.45, 7) is 1.28. The van der Waals surface area contributed by atoms with Gasteiger partial charge in [-0.1, -0.05) is 35.5 Å². The minimum Gasteiger partial charge on any atom is -0.474 e. The van der Waals surface area contributed by atoms with E-state index in [0.29, 0.717) is 30.3 Å². The lowest BCUT2D eigenvalue weighted by molar-refractivity contribution is 0.0588. The molecule has 30 heavy (non-hydrogen) atoms. The molecule has 7 nitrogen and oxygen atoms in total. The van der Waals surface area contributed by atoms with Crippen LogP contribution in [-0.2, 0) is 0 Å². The molecule has 0 bridgehead atoms. The molecule has 0 radical (unpaired) electrons. The Morgan fingerprint density at radius 2 is 1.90 bits per heavy atom. The fraction of sp³-hybridized carbons (Fsp3) is 0.217. The van der Waals surface area contributed by atoms with E-state index in [2.05, 4.69) is 15.1 Å². The van der Waals surface area contributed by atoms with Crippen LogP contribution < -0.4 is 4.74 Å². The van der Waals surface area contributed by atoms with Gasteiger partial charge in [-0.15, -0.1) is 0 Å². The van der Waals surface area contributed by atoms with Gasteiger partial charge in [-0.25, -0.2) is 9.97 Å². The van der Waals surface area contributed by atoms with Crippen molar-refractivity contribution < 1.29 is 14.1 Å². The summed E-state index contributed by atoms with van der Waals surface area (Å²) in [6.07, 6.45) is 4.71. The van der Waals surface area contributed by atoms with Crippen molar-refractivity contribution in [1.82, 2.24) is 20.0 Å². The number of fused-ring (bicyclic) bond motifs is 1. The number of benzene rings is 2. The minimum atomic E-state index is 0.0117. The van der Waals surface area contributed by atoms with Crippen LogP contribution in [0.5, 0.6) is 5.88 Å². The third-order valence-electron chi connectivity index (χ3n) is 5.33. The van der Waals surface area contributed by atoms with Gasteiger partial charge in [0, 0.05) is 49.3 Å². The summed E-state index contributed by atoms with van der Waals surface area (Å²) in [4.78, 5) is 23.0. The van der Waals surface area contributed by atoms with Crippen LogP contribution in [0.2, 0.25) is 0 Å². The van der Waals surface area contributed by atoms with Crippen LogP contribution in [0.4, 0.5) is 0 Å². The van der Waals surface area contributed by atoms with Gasteiger partial charge in [-0.05, 0) is 18.2 Å². The van der Waals surface area contributed by atoms with Gasteiger partial charge in [0.05, 0.1) is 5.39 Å². The quantitative estimate of drug-likeness (QED) is 0.516. The Morgan fingerprint density at radius 3 is 2.67 bits per heavy atom. The number of carbonyl (C=O) groups excluding carboxylic acids is 1. The van der Waals surface area contributed by atoms with Crippen molar-refractivity contribution in [2.45, 2.75) is 18.9 Å². The second-order valence-electron chi connectivity index (χ2n) is 7.27. The SMILES string of the molecule is O=C(c1ccc2noc(-c3ccccc3)c2c1)N1CCC(Oc2ccncn2)CC1. The highest BCUT2D eigenvalue weighted by molar-refractivity contribution is 6.01. The molecule has 0 N–H and O–H groups in total. The summed E-state index contributed by atoms with van der Waals surface area (Å²) >= 11 is 0. The molecule has 1 aliphatic rings. The Morgan fingerprint density at radius 1 is 1.07 bits per heavy atom. The molecule has 7 heteroatoms. The predicted octanol–water partition coefficient (Wildman–Crippen LogP) is 3.97. The molecule has 3 heterocycles. The van der Waals surface area contributed by atoms with E-state index in [4.69, 9.17) is 9.26 Å². The van der Waals surface area contributed by atoms with Crippen molar-refractivity contribution >= 4 is 16.8 Å². The Bertz CT molecular complexity index is 1150. The summed E-state index contributed by atoms with van der Waals surface area (Å²) in [7, 11) is 0. The number of likely N-dealkylation sites (tertiary alicyclic amines) is 1. The number of piperidine rings is 1.